The fraction of sp³-hybridized carbons (Fsp3) is 0.379. The molecule has 0 radical (unpaired) electrons. The zero-order valence-electron chi connectivity index (χ0n) is 21.2. The minimum absolute atomic E-state index is 0.0970. The van der Waals surface area contributed by atoms with E-state index >= 15 is 0 Å². The van der Waals surface area contributed by atoms with Gasteiger partial charge in [-0.05, 0) is 79.1 Å². The molecule has 1 heterocycles. The van der Waals surface area contributed by atoms with Gasteiger partial charge in [-0.15, -0.1) is 11.8 Å². The highest BCUT2D eigenvalue weighted by atomic mass is 35.5. The standard InChI is InChI=1S/C29H32ClNO3S/c1-16-11-17(2)22(12-19(16)15-35-21-9-7-20(30)8-10-21)26-25(28(33)34-6)18(3)31-23-13-29(4,5)14-24(32)27(23)26/h7-12,26,31H,13-15H2,1-6H3/t26-/m0/s1. The number of aryl methyl sites for hydroxylation is 2. The number of halogens is 1. The third kappa shape index (κ3) is 5.22. The van der Waals surface area contributed by atoms with Crippen molar-refractivity contribution in [2.75, 3.05) is 7.11 Å². The number of methoxy groups -OCH3 is 1. The number of carbonyl (C=O) groups excluding carboxylic acids is 2. The molecular weight excluding hydrogens is 478 g/mol. The van der Waals surface area contributed by atoms with Gasteiger partial charge in [0, 0.05) is 45.0 Å². The molecule has 1 aliphatic heterocycles. The van der Waals surface area contributed by atoms with Crippen LogP contribution in [0.5, 0.6) is 0 Å². The molecule has 0 fully saturated rings. The maximum Gasteiger partial charge on any atom is 0.336 e. The molecule has 1 aliphatic carbocycles. The van der Waals surface area contributed by atoms with Crippen LogP contribution in [0.15, 0.2) is 63.8 Å². The van der Waals surface area contributed by atoms with Crippen molar-refractivity contribution in [2.45, 2.75) is 64.0 Å². The van der Waals surface area contributed by atoms with Crippen LogP contribution in [0.4, 0.5) is 0 Å². The van der Waals surface area contributed by atoms with E-state index in [0.29, 0.717) is 17.6 Å². The Hall–Kier alpha value is -2.50. The van der Waals surface area contributed by atoms with Crippen molar-refractivity contribution in [3.05, 3.63) is 86.2 Å². The predicted molar refractivity (Wildman–Crippen MR) is 143 cm³/mol. The summed E-state index contributed by atoms with van der Waals surface area (Å²) in [6, 6.07) is 12.2. The van der Waals surface area contributed by atoms with Crippen molar-refractivity contribution in [1.82, 2.24) is 5.32 Å². The van der Waals surface area contributed by atoms with Crippen molar-refractivity contribution < 1.29 is 14.3 Å². The number of benzene rings is 2. The summed E-state index contributed by atoms with van der Waals surface area (Å²) >= 11 is 7.78. The number of Topliss-reactive ketones (excluding diaryl/α,β-unsaturated/α-hetero) is 1. The van der Waals surface area contributed by atoms with Crippen molar-refractivity contribution in [1.29, 1.82) is 0 Å². The summed E-state index contributed by atoms with van der Waals surface area (Å²) in [7, 11) is 1.39. The number of ether oxygens (including phenoxy) is 1. The van der Waals surface area contributed by atoms with Gasteiger partial charge in [-0.2, -0.15) is 0 Å². The number of carbonyl (C=O) groups is 2. The number of thioether (sulfide) groups is 1. The molecule has 1 atom stereocenters. The largest absolute Gasteiger partial charge is 0.466 e. The average Bonchev–Trinajstić information content (AvgIpc) is 2.77. The van der Waals surface area contributed by atoms with Gasteiger partial charge in [0.15, 0.2) is 5.78 Å². The van der Waals surface area contributed by atoms with Crippen LogP contribution >= 0.6 is 23.4 Å². The molecule has 184 valence electrons. The summed E-state index contributed by atoms with van der Waals surface area (Å²) in [5, 5.41) is 4.11. The highest BCUT2D eigenvalue weighted by Crippen LogP contribution is 2.48. The maximum atomic E-state index is 13.5. The number of esters is 1. The van der Waals surface area contributed by atoms with Crippen LogP contribution in [-0.4, -0.2) is 18.9 Å². The lowest BCUT2D eigenvalue weighted by Gasteiger charge is -2.39. The fourth-order valence-corrected chi connectivity index (χ4v) is 6.29. The predicted octanol–water partition coefficient (Wildman–Crippen LogP) is 7.03. The van der Waals surface area contributed by atoms with Crippen molar-refractivity contribution in [3.8, 4) is 0 Å². The van der Waals surface area contributed by atoms with Crippen LogP contribution < -0.4 is 5.32 Å². The van der Waals surface area contributed by atoms with Crippen molar-refractivity contribution >= 4 is 35.1 Å². The zero-order chi connectivity index (χ0) is 25.5. The minimum Gasteiger partial charge on any atom is -0.466 e. The van der Waals surface area contributed by atoms with Gasteiger partial charge < -0.3 is 10.1 Å². The SMILES string of the molecule is COC(=O)C1=C(C)NC2=C(C(=O)CC(C)(C)C2)[C@H]1c1cc(CSc2ccc(Cl)cc2)c(C)cc1C. The summed E-state index contributed by atoms with van der Waals surface area (Å²) in [4.78, 5) is 27.6. The van der Waals surface area contributed by atoms with Crippen molar-refractivity contribution in [3.63, 3.8) is 0 Å². The first-order valence-electron chi connectivity index (χ1n) is 11.8. The number of nitrogens with one attached hydrogen (secondary N) is 1. The molecule has 4 nitrogen and oxygen atoms in total. The fourth-order valence-electron chi connectivity index (χ4n) is 5.20. The Morgan fingerprint density at radius 1 is 1.11 bits per heavy atom. The Balaban J connectivity index is 1.81. The quantitative estimate of drug-likeness (QED) is 0.346. The molecule has 0 saturated heterocycles. The first kappa shape index (κ1) is 25.6. The molecular formula is C29H32ClNO3S. The molecule has 2 aromatic rings. The molecule has 1 N–H and O–H groups in total. The van der Waals surface area contributed by atoms with E-state index in [2.05, 4.69) is 45.1 Å². The van der Waals surface area contributed by atoms with E-state index < -0.39 is 11.9 Å². The Morgan fingerprint density at radius 3 is 2.46 bits per heavy atom. The monoisotopic (exact) mass is 509 g/mol. The third-order valence-corrected chi connectivity index (χ3v) is 8.20. The number of dihydropyridines is 1. The molecule has 0 saturated carbocycles. The van der Waals surface area contributed by atoms with E-state index in [4.69, 9.17) is 16.3 Å². The van der Waals surface area contributed by atoms with Crippen LogP contribution in [0.25, 0.3) is 0 Å². The summed E-state index contributed by atoms with van der Waals surface area (Å²) in [5.74, 6) is 0.0256. The number of allylic oxidation sites excluding steroid dienone is 3. The number of hydrogen-bond donors (Lipinski definition) is 1. The summed E-state index contributed by atoms with van der Waals surface area (Å²) in [6.45, 7) is 10.3. The second kappa shape index (κ2) is 9.87. The molecule has 0 bridgehead atoms. The average molecular weight is 510 g/mol. The van der Waals surface area contributed by atoms with Gasteiger partial charge >= 0.3 is 5.97 Å². The maximum absolute atomic E-state index is 13.5. The van der Waals surface area contributed by atoms with Crippen molar-refractivity contribution in [2.24, 2.45) is 5.41 Å². The van der Waals surface area contributed by atoms with Gasteiger partial charge in [-0.25, -0.2) is 4.79 Å². The van der Waals surface area contributed by atoms with E-state index in [1.165, 1.54) is 18.2 Å². The van der Waals surface area contributed by atoms with Crippen LogP contribution in [0.1, 0.15) is 61.8 Å². The number of rotatable bonds is 5. The first-order chi connectivity index (χ1) is 16.5. The third-order valence-electron chi connectivity index (χ3n) is 6.89. The Morgan fingerprint density at radius 2 is 1.80 bits per heavy atom. The van der Waals surface area contributed by atoms with Gasteiger partial charge in [-0.3, -0.25) is 4.79 Å². The van der Waals surface area contributed by atoms with E-state index in [9.17, 15) is 9.59 Å². The molecule has 2 aromatic carbocycles. The topological polar surface area (TPSA) is 55.4 Å². The highest BCUT2D eigenvalue weighted by Gasteiger charge is 2.43. The van der Waals surface area contributed by atoms with E-state index in [1.807, 2.05) is 31.2 Å². The number of ketones is 1. The summed E-state index contributed by atoms with van der Waals surface area (Å²) < 4.78 is 5.19. The lowest BCUT2D eigenvalue weighted by atomic mass is 9.68. The van der Waals surface area contributed by atoms with Crippen LogP contribution in [0, 0.1) is 19.3 Å². The minimum atomic E-state index is -0.442. The Labute approximate surface area is 217 Å². The second-order valence-corrected chi connectivity index (χ2v) is 11.8. The van der Waals surface area contributed by atoms with E-state index in [-0.39, 0.29) is 11.2 Å². The zero-order valence-corrected chi connectivity index (χ0v) is 22.7. The smallest absolute Gasteiger partial charge is 0.336 e. The van der Waals surface area contributed by atoms with E-state index in [0.717, 1.165) is 44.6 Å². The molecule has 0 aromatic heterocycles. The Bertz CT molecular complexity index is 1260. The summed E-state index contributed by atoms with van der Waals surface area (Å²) in [5.41, 5.74) is 7.20. The number of hydrogen-bond acceptors (Lipinski definition) is 5. The van der Waals surface area contributed by atoms with Gasteiger partial charge in [0.05, 0.1) is 12.7 Å². The van der Waals surface area contributed by atoms with Gasteiger partial charge in [0.25, 0.3) is 0 Å². The van der Waals surface area contributed by atoms with Gasteiger partial charge in [0.1, 0.15) is 0 Å². The first-order valence-corrected chi connectivity index (χ1v) is 13.2. The van der Waals surface area contributed by atoms with Crippen LogP contribution in [0.2, 0.25) is 5.02 Å². The van der Waals surface area contributed by atoms with Gasteiger partial charge in [-0.1, -0.05) is 37.6 Å². The molecule has 4 rings (SSSR count). The van der Waals surface area contributed by atoms with Gasteiger partial charge in [0.2, 0.25) is 0 Å². The molecule has 0 amide bonds. The molecule has 35 heavy (non-hydrogen) atoms. The Kier molecular flexibility index (Phi) is 7.21. The lowest BCUT2D eigenvalue weighted by Crippen LogP contribution is -2.38. The van der Waals surface area contributed by atoms with Crippen LogP contribution in [0.3, 0.4) is 0 Å². The normalized spacial score (nSPS) is 19.4. The molecule has 2 aliphatic rings. The second-order valence-electron chi connectivity index (χ2n) is 10.3. The summed E-state index contributed by atoms with van der Waals surface area (Å²) in [6.07, 6.45) is 1.22. The van der Waals surface area contributed by atoms with E-state index in [1.54, 1.807) is 11.8 Å². The molecule has 6 heteroatoms. The lowest BCUT2D eigenvalue weighted by molar-refractivity contribution is -0.136. The molecule has 0 spiro atoms. The van der Waals surface area contributed by atoms with Crippen LogP contribution in [-0.2, 0) is 20.1 Å². The molecule has 0 unspecified atom stereocenters. The highest BCUT2D eigenvalue weighted by molar-refractivity contribution is 7.98.